The fraction of sp³-hybridized carbons (Fsp3) is 0.767. The Bertz CT molecular complexity index is 1100. The lowest BCUT2D eigenvalue weighted by atomic mass is 9.44. The predicted molar refractivity (Wildman–Crippen MR) is 165 cm³/mol. The highest BCUT2D eigenvalue weighted by Gasteiger charge is 2.76. The van der Waals surface area contributed by atoms with E-state index in [0.29, 0.717) is 25.0 Å². The van der Waals surface area contributed by atoms with Crippen LogP contribution in [0.25, 0.3) is 0 Å². The molecule has 4 aliphatic rings. The molecular weight excluding hydrogens is 603 g/mol. The Hall–Kier alpha value is -1.57. The third kappa shape index (κ3) is 6.70. The molecule has 6 atom stereocenters. The molecule has 0 aromatic rings. The van der Waals surface area contributed by atoms with Crippen molar-refractivity contribution in [3.8, 4) is 0 Å². The van der Waals surface area contributed by atoms with Gasteiger partial charge in [0.15, 0.2) is 24.1 Å². The molecule has 3 fully saturated rings. The maximum Gasteiger partial charge on any atom is 0.344 e. The fourth-order valence-electron chi connectivity index (χ4n) is 7.30. The Labute approximate surface area is 267 Å². The Morgan fingerprint density at radius 1 is 1.12 bits per heavy atom. The molecular formula is C30H50Cl2N2O9. The molecule has 0 amide bonds. The van der Waals surface area contributed by atoms with Gasteiger partial charge in [0.1, 0.15) is 5.60 Å². The summed E-state index contributed by atoms with van der Waals surface area (Å²) in [6.45, 7) is 16.3. The monoisotopic (exact) mass is 652 g/mol. The van der Waals surface area contributed by atoms with Crippen molar-refractivity contribution in [1.82, 2.24) is 9.80 Å². The molecule has 43 heavy (non-hydrogen) atoms. The van der Waals surface area contributed by atoms with E-state index in [2.05, 4.69) is 23.4 Å². The van der Waals surface area contributed by atoms with Crippen LogP contribution >= 0.6 is 24.8 Å². The predicted octanol–water partition coefficient (Wildman–Crippen LogP) is 1.65. The minimum absolute atomic E-state index is 0. The summed E-state index contributed by atoms with van der Waals surface area (Å²) in [6.07, 6.45) is 2.02. The van der Waals surface area contributed by atoms with Crippen molar-refractivity contribution >= 4 is 42.5 Å². The first-order valence-corrected chi connectivity index (χ1v) is 14.3. The zero-order valence-electron chi connectivity index (χ0n) is 26.1. The molecule has 248 valence electrons. The van der Waals surface area contributed by atoms with Crippen LogP contribution in [0.5, 0.6) is 0 Å². The van der Waals surface area contributed by atoms with E-state index in [1.165, 1.54) is 6.08 Å². The van der Waals surface area contributed by atoms with Crippen LogP contribution in [0, 0.1) is 10.8 Å². The zero-order valence-corrected chi connectivity index (χ0v) is 27.8. The van der Waals surface area contributed by atoms with Crippen LogP contribution in [0.4, 0.5) is 0 Å². The Morgan fingerprint density at radius 3 is 2.30 bits per heavy atom. The molecule has 13 heteroatoms. The van der Waals surface area contributed by atoms with Crippen LogP contribution in [0.3, 0.4) is 0 Å². The molecule has 0 radical (unpaired) electrons. The van der Waals surface area contributed by atoms with E-state index in [1.54, 1.807) is 26.8 Å². The molecule has 0 unspecified atom stereocenters. The summed E-state index contributed by atoms with van der Waals surface area (Å²) in [5, 5.41) is 23.7. The number of hydrogen-bond acceptors (Lipinski definition) is 10. The van der Waals surface area contributed by atoms with Gasteiger partial charge in [-0.25, -0.2) is 4.79 Å². The SMILES string of the molecule is C=C[C@@]1(C)CC(=O)[C@@]2(O)[C@](C)(O1)[C@@H](OC(=O)COC(=O)CCN1CCN(C)CC1)C=C1C(C)(C)CC[C@H](O)[C@@]12C.Cl.Cl.O. The van der Waals surface area contributed by atoms with E-state index in [0.717, 1.165) is 26.2 Å². The van der Waals surface area contributed by atoms with Gasteiger partial charge in [0.2, 0.25) is 0 Å². The first-order chi connectivity index (χ1) is 18.5. The molecule has 0 bridgehead atoms. The number of rotatable bonds is 7. The number of hydrogen-bond donors (Lipinski definition) is 2. The molecule has 0 spiro atoms. The Morgan fingerprint density at radius 2 is 1.72 bits per heavy atom. The number of aliphatic hydroxyl groups is 2. The molecule has 0 aromatic carbocycles. The van der Waals surface area contributed by atoms with Gasteiger partial charge >= 0.3 is 11.9 Å². The quantitative estimate of drug-likeness (QED) is 0.306. The van der Waals surface area contributed by atoms with Gasteiger partial charge in [0.05, 0.1) is 23.5 Å². The number of ether oxygens (including phenoxy) is 3. The van der Waals surface area contributed by atoms with Gasteiger partial charge in [-0.05, 0) is 52.2 Å². The van der Waals surface area contributed by atoms with Crippen LogP contribution in [0.15, 0.2) is 24.3 Å². The molecule has 2 aliphatic heterocycles. The largest absolute Gasteiger partial charge is 0.454 e. The van der Waals surface area contributed by atoms with Gasteiger partial charge in [-0.2, -0.15) is 0 Å². The lowest BCUT2D eigenvalue weighted by molar-refractivity contribution is -0.305. The average Bonchev–Trinajstić information content (AvgIpc) is 2.89. The van der Waals surface area contributed by atoms with Crippen LogP contribution in [-0.2, 0) is 28.6 Å². The number of carbonyl (C=O) groups is 3. The lowest BCUT2D eigenvalue weighted by Crippen LogP contribution is -2.81. The minimum Gasteiger partial charge on any atom is -0.454 e. The highest BCUT2D eigenvalue weighted by atomic mass is 35.5. The van der Waals surface area contributed by atoms with Gasteiger partial charge < -0.3 is 39.7 Å². The molecule has 2 aliphatic carbocycles. The van der Waals surface area contributed by atoms with Crippen molar-refractivity contribution in [3.63, 3.8) is 0 Å². The molecule has 4 N–H and O–H groups in total. The van der Waals surface area contributed by atoms with Gasteiger partial charge in [-0.15, -0.1) is 31.4 Å². The second kappa shape index (κ2) is 13.8. The number of halogens is 2. The molecule has 0 aromatic heterocycles. The first-order valence-electron chi connectivity index (χ1n) is 14.3. The lowest BCUT2D eigenvalue weighted by Gasteiger charge is -2.66. The van der Waals surface area contributed by atoms with Crippen LogP contribution in [0.1, 0.15) is 60.3 Å². The maximum atomic E-state index is 13.9. The first kappa shape index (κ1) is 39.5. The normalized spacial score (nSPS) is 37.1. The van der Waals surface area contributed by atoms with E-state index >= 15 is 0 Å². The molecule has 2 saturated heterocycles. The van der Waals surface area contributed by atoms with E-state index < -0.39 is 64.2 Å². The number of esters is 2. The summed E-state index contributed by atoms with van der Waals surface area (Å²) in [5.74, 6) is -1.84. The molecule has 1 saturated carbocycles. The van der Waals surface area contributed by atoms with Crippen LogP contribution in [-0.4, -0.2) is 119 Å². The van der Waals surface area contributed by atoms with E-state index in [1.807, 2.05) is 13.8 Å². The third-order valence-electron chi connectivity index (χ3n) is 9.96. The maximum absolute atomic E-state index is 13.9. The van der Waals surface area contributed by atoms with Crippen molar-refractivity contribution in [1.29, 1.82) is 0 Å². The third-order valence-corrected chi connectivity index (χ3v) is 9.96. The highest BCUT2D eigenvalue weighted by Crippen LogP contribution is 2.64. The van der Waals surface area contributed by atoms with Gasteiger partial charge in [0, 0.05) is 39.1 Å². The van der Waals surface area contributed by atoms with Crippen molar-refractivity contribution < 1.29 is 44.3 Å². The Kier molecular flexibility index (Phi) is 12.7. The highest BCUT2D eigenvalue weighted by molar-refractivity contribution is 5.93. The number of ketones is 1. The molecule has 4 rings (SSSR count). The second-order valence-electron chi connectivity index (χ2n) is 13.2. The summed E-state index contributed by atoms with van der Waals surface area (Å²) in [5.41, 5.74) is -6.31. The van der Waals surface area contributed by atoms with E-state index in [9.17, 15) is 24.6 Å². The number of nitrogens with zero attached hydrogens (tertiary/aromatic N) is 2. The Balaban J connectivity index is 0.00000308. The number of piperazine rings is 1. The zero-order chi connectivity index (χ0) is 29.7. The standard InChI is InChI=1S/C30H46N2O8.2ClH.H2O/c1-8-27(4)18-22(34)30(37)28(5)20(26(2,3)11-9-21(28)33)17-23(29(30,6)40-27)39-25(36)19-38-24(35)10-12-32-15-13-31(7)14-16-32;;;/h8,17,21,23,33,37H,1,9-16,18-19H2,2-7H3;2*1H;1H2/t21-,23-,27-,28+,29+,30-;;;/m0.../s1. The van der Waals surface area contributed by atoms with E-state index in [4.69, 9.17) is 14.2 Å². The van der Waals surface area contributed by atoms with E-state index in [-0.39, 0.29) is 43.1 Å². The topological polar surface area (TPSA) is 157 Å². The van der Waals surface area contributed by atoms with Crippen molar-refractivity contribution in [2.45, 2.75) is 89.3 Å². The summed E-state index contributed by atoms with van der Waals surface area (Å²) in [4.78, 5) is 43.7. The summed E-state index contributed by atoms with van der Waals surface area (Å²) in [6, 6.07) is 0. The minimum atomic E-state index is -2.20. The second-order valence-corrected chi connectivity index (χ2v) is 13.2. The molecule has 2 heterocycles. The number of Topliss-reactive ketones (excluding diaryl/α,β-unsaturated/α-hetero) is 1. The summed E-state index contributed by atoms with van der Waals surface area (Å²) >= 11 is 0. The van der Waals surface area contributed by atoms with Crippen molar-refractivity contribution in [3.05, 3.63) is 24.3 Å². The number of aliphatic hydroxyl groups excluding tert-OH is 1. The summed E-state index contributed by atoms with van der Waals surface area (Å²) in [7, 11) is 2.06. The van der Waals surface area contributed by atoms with Gasteiger partial charge in [-0.3, -0.25) is 9.59 Å². The van der Waals surface area contributed by atoms with Crippen LogP contribution < -0.4 is 0 Å². The summed E-state index contributed by atoms with van der Waals surface area (Å²) < 4.78 is 17.5. The molecule has 11 nitrogen and oxygen atoms in total. The average molecular weight is 654 g/mol. The van der Waals surface area contributed by atoms with Gasteiger partial charge in [0.25, 0.3) is 0 Å². The number of fused-ring (bicyclic) bond motifs is 3. The number of carbonyl (C=O) groups excluding carboxylic acids is 3. The number of likely N-dealkylation sites (N-methyl/N-ethyl adjacent to an activating group) is 1. The van der Waals surface area contributed by atoms with Crippen molar-refractivity contribution in [2.24, 2.45) is 10.8 Å². The fourth-order valence-corrected chi connectivity index (χ4v) is 7.30. The smallest absolute Gasteiger partial charge is 0.344 e. The van der Waals surface area contributed by atoms with Crippen molar-refractivity contribution in [2.75, 3.05) is 46.4 Å². The van der Waals surface area contributed by atoms with Gasteiger partial charge in [-0.1, -0.05) is 25.5 Å². The van der Waals surface area contributed by atoms with Crippen LogP contribution in [0.2, 0.25) is 0 Å².